The molecule has 4 aromatic rings. The van der Waals surface area contributed by atoms with Gasteiger partial charge < -0.3 is 10.1 Å². The van der Waals surface area contributed by atoms with Crippen molar-refractivity contribution in [2.45, 2.75) is 32.1 Å². The molecule has 4 heterocycles. The van der Waals surface area contributed by atoms with E-state index in [1.165, 1.54) is 17.5 Å². The Morgan fingerprint density at radius 3 is 2.85 bits per heavy atom. The maximum atomic E-state index is 15.0. The zero-order chi connectivity index (χ0) is 23.8. The van der Waals surface area contributed by atoms with Crippen molar-refractivity contribution < 1.29 is 14.3 Å². The Balaban J connectivity index is 1.81. The number of aromatic amines is 1. The number of carboxylic acids is 1. The minimum absolute atomic E-state index is 0.0603. The lowest BCUT2D eigenvalue weighted by Gasteiger charge is -2.31. The van der Waals surface area contributed by atoms with Crippen LogP contribution in [0.4, 0.5) is 4.39 Å². The first-order valence-electron chi connectivity index (χ1n) is 10.0. The standard InChI is InChI=1S/C23H19ClFN5O2S/c1-23(2,22-27-3-4-33-22)13(7-19(31)32)6-18-17(25)5-12(9-26)20(30-18)16-11-29-21-15(16)8-14(24)10-28-21/h3-5,8,10-11,13H,6-7H2,1-2H3,(H,28,29)(H,31,32). The number of fused-ring (bicyclic) bond motifs is 1. The number of rotatable bonds is 7. The van der Waals surface area contributed by atoms with Crippen molar-refractivity contribution in [3.8, 4) is 17.3 Å². The van der Waals surface area contributed by atoms with E-state index in [0.717, 1.165) is 11.1 Å². The van der Waals surface area contributed by atoms with Crippen LogP contribution in [-0.2, 0) is 16.6 Å². The molecular formula is C23H19ClFN5O2S. The number of hydrogen-bond acceptors (Lipinski definition) is 6. The molecule has 33 heavy (non-hydrogen) atoms. The molecule has 4 rings (SSSR count). The van der Waals surface area contributed by atoms with Crippen LogP contribution in [0.1, 0.15) is 36.5 Å². The molecule has 0 saturated carbocycles. The first kappa shape index (κ1) is 22.8. The average molecular weight is 484 g/mol. The number of H-pyrrole nitrogens is 1. The molecule has 1 unspecified atom stereocenters. The minimum Gasteiger partial charge on any atom is -0.481 e. The largest absolute Gasteiger partial charge is 0.481 e. The number of aromatic nitrogens is 4. The van der Waals surface area contributed by atoms with Crippen molar-refractivity contribution in [1.29, 1.82) is 5.26 Å². The lowest BCUT2D eigenvalue weighted by atomic mass is 9.74. The van der Waals surface area contributed by atoms with Crippen molar-refractivity contribution in [3.05, 3.63) is 63.2 Å². The third-order valence-electron chi connectivity index (χ3n) is 5.79. The number of carboxylic acid groups (broad SMARTS) is 1. The molecule has 0 saturated heterocycles. The van der Waals surface area contributed by atoms with Crippen LogP contribution in [0.15, 0.2) is 36.1 Å². The quantitative estimate of drug-likeness (QED) is 0.365. The SMILES string of the molecule is CC(C)(c1nccs1)C(CC(=O)O)Cc1nc(-c2c[nH]c3ncc(Cl)cc23)c(C#N)cc1F. The van der Waals surface area contributed by atoms with Gasteiger partial charge in [0.05, 0.1) is 27.0 Å². The summed E-state index contributed by atoms with van der Waals surface area (Å²) in [6.45, 7) is 3.80. The van der Waals surface area contributed by atoms with Crippen LogP contribution in [0.5, 0.6) is 0 Å². The maximum absolute atomic E-state index is 15.0. The number of nitrogens with zero attached hydrogens (tertiary/aromatic N) is 4. The van der Waals surface area contributed by atoms with E-state index in [-0.39, 0.29) is 29.8 Å². The van der Waals surface area contributed by atoms with Gasteiger partial charge in [0.25, 0.3) is 0 Å². The van der Waals surface area contributed by atoms with Crippen LogP contribution in [0.3, 0.4) is 0 Å². The predicted octanol–water partition coefficient (Wildman–Crippen LogP) is 5.36. The van der Waals surface area contributed by atoms with Gasteiger partial charge in [0, 0.05) is 46.8 Å². The van der Waals surface area contributed by atoms with Gasteiger partial charge in [-0.05, 0) is 24.5 Å². The fraction of sp³-hybridized carbons (Fsp3) is 0.261. The molecular weight excluding hydrogens is 465 g/mol. The summed E-state index contributed by atoms with van der Waals surface area (Å²) in [7, 11) is 0. The second kappa shape index (κ2) is 8.89. The van der Waals surface area contributed by atoms with Crippen molar-refractivity contribution in [3.63, 3.8) is 0 Å². The van der Waals surface area contributed by atoms with Gasteiger partial charge in [-0.2, -0.15) is 5.26 Å². The van der Waals surface area contributed by atoms with E-state index in [1.807, 2.05) is 25.3 Å². The van der Waals surface area contributed by atoms with Crippen molar-refractivity contribution in [2.75, 3.05) is 0 Å². The molecule has 0 amide bonds. The van der Waals surface area contributed by atoms with Gasteiger partial charge in [0.2, 0.25) is 0 Å². The maximum Gasteiger partial charge on any atom is 0.303 e. The molecule has 10 heteroatoms. The van der Waals surface area contributed by atoms with Crippen molar-refractivity contribution in [1.82, 2.24) is 19.9 Å². The third kappa shape index (κ3) is 4.45. The zero-order valence-corrected chi connectivity index (χ0v) is 19.3. The van der Waals surface area contributed by atoms with Gasteiger partial charge in [-0.3, -0.25) is 4.79 Å². The van der Waals surface area contributed by atoms with E-state index in [4.69, 9.17) is 11.6 Å². The molecule has 0 spiro atoms. The van der Waals surface area contributed by atoms with Gasteiger partial charge in [-0.15, -0.1) is 11.3 Å². The average Bonchev–Trinajstić information content (AvgIpc) is 3.44. The highest BCUT2D eigenvalue weighted by atomic mass is 35.5. The summed E-state index contributed by atoms with van der Waals surface area (Å²) in [5, 5.41) is 22.8. The van der Waals surface area contributed by atoms with Crippen molar-refractivity contribution in [2.24, 2.45) is 5.92 Å². The summed E-state index contributed by atoms with van der Waals surface area (Å²) in [6, 6.07) is 4.83. The molecule has 0 aliphatic heterocycles. The normalized spacial score (nSPS) is 12.6. The molecule has 2 N–H and O–H groups in total. The van der Waals surface area contributed by atoms with E-state index in [9.17, 15) is 15.2 Å². The lowest BCUT2D eigenvalue weighted by molar-refractivity contribution is -0.138. The number of thiazole rings is 1. The molecule has 168 valence electrons. The Hall–Kier alpha value is -3.35. The van der Waals surface area contributed by atoms with Gasteiger partial charge in [-0.1, -0.05) is 25.4 Å². The molecule has 0 aromatic carbocycles. The van der Waals surface area contributed by atoms with Crippen LogP contribution < -0.4 is 0 Å². The summed E-state index contributed by atoms with van der Waals surface area (Å²) in [6.07, 6.45) is 4.68. The molecule has 0 fully saturated rings. The minimum atomic E-state index is -0.990. The smallest absolute Gasteiger partial charge is 0.303 e. The van der Waals surface area contributed by atoms with Crippen LogP contribution in [0.25, 0.3) is 22.3 Å². The highest BCUT2D eigenvalue weighted by Gasteiger charge is 2.36. The zero-order valence-electron chi connectivity index (χ0n) is 17.8. The van der Waals surface area contributed by atoms with E-state index in [2.05, 4.69) is 19.9 Å². The number of halogens is 2. The predicted molar refractivity (Wildman–Crippen MR) is 124 cm³/mol. The third-order valence-corrected chi connectivity index (χ3v) is 7.11. The van der Waals surface area contributed by atoms with Crippen LogP contribution in [-0.4, -0.2) is 31.0 Å². The highest BCUT2D eigenvalue weighted by molar-refractivity contribution is 7.09. The van der Waals surface area contributed by atoms with E-state index in [0.29, 0.717) is 21.6 Å². The van der Waals surface area contributed by atoms with Crippen molar-refractivity contribution >= 4 is 39.9 Å². The molecule has 7 nitrogen and oxygen atoms in total. The molecule has 0 bridgehead atoms. The van der Waals surface area contributed by atoms with Crippen LogP contribution >= 0.6 is 22.9 Å². The second-order valence-electron chi connectivity index (χ2n) is 8.23. The number of carbonyl (C=O) groups is 1. The fourth-order valence-electron chi connectivity index (χ4n) is 3.88. The highest BCUT2D eigenvalue weighted by Crippen LogP contribution is 2.38. The summed E-state index contributed by atoms with van der Waals surface area (Å²) >= 11 is 7.52. The topological polar surface area (TPSA) is 116 Å². The molecule has 4 aromatic heterocycles. The molecule has 0 radical (unpaired) electrons. The first-order chi connectivity index (χ1) is 15.7. The number of hydrogen-bond donors (Lipinski definition) is 2. The van der Waals surface area contributed by atoms with Crippen LogP contribution in [0.2, 0.25) is 5.02 Å². The van der Waals surface area contributed by atoms with Gasteiger partial charge >= 0.3 is 5.97 Å². The number of aliphatic carboxylic acids is 1. The number of pyridine rings is 2. The van der Waals surface area contributed by atoms with Crippen LogP contribution in [0, 0.1) is 23.1 Å². The molecule has 0 aliphatic rings. The fourth-order valence-corrected chi connectivity index (χ4v) is 4.88. The Bertz CT molecular complexity index is 1380. The Kier molecular flexibility index (Phi) is 6.15. The summed E-state index contributed by atoms with van der Waals surface area (Å²) in [5.41, 5.74) is 0.916. The van der Waals surface area contributed by atoms with E-state index < -0.39 is 23.1 Å². The van der Waals surface area contributed by atoms with E-state index in [1.54, 1.807) is 18.5 Å². The lowest BCUT2D eigenvalue weighted by Crippen LogP contribution is -2.32. The summed E-state index contributed by atoms with van der Waals surface area (Å²) in [4.78, 5) is 27.7. The summed E-state index contributed by atoms with van der Waals surface area (Å²) in [5.74, 6) is -2.13. The van der Waals surface area contributed by atoms with Gasteiger partial charge in [0.1, 0.15) is 17.5 Å². The van der Waals surface area contributed by atoms with Gasteiger partial charge in [-0.25, -0.2) is 19.3 Å². The first-order valence-corrected chi connectivity index (χ1v) is 11.3. The molecule has 0 aliphatic carbocycles. The van der Waals surface area contributed by atoms with E-state index >= 15 is 4.39 Å². The Morgan fingerprint density at radius 1 is 1.39 bits per heavy atom. The Morgan fingerprint density at radius 2 is 2.18 bits per heavy atom. The Labute approximate surface area is 197 Å². The number of nitriles is 1. The van der Waals surface area contributed by atoms with Gasteiger partial charge in [0.15, 0.2) is 0 Å². The molecule has 1 atom stereocenters. The monoisotopic (exact) mass is 483 g/mol. The summed E-state index contributed by atoms with van der Waals surface area (Å²) < 4.78 is 15.0. The second-order valence-corrected chi connectivity index (χ2v) is 9.57. The number of nitrogens with one attached hydrogen (secondary N) is 1.